The number of carbonyl (C=O) groups is 1. The average molecular weight is 336 g/mol. The van der Waals surface area contributed by atoms with Gasteiger partial charge in [0, 0.05) is 18.8 Å². The van der Waals surface area contributed by atoms with Crippen molar-refractivity contribution in [2.45, 2.75) is 26.3 Å². The number of aromatic nitrogens is 4. The lowest BCUT2D eigenvalue weighted by atomic mass is 10.2. The molecule has 1 aliphatic rings. The Balaban J connectivity index is 1.57. The minimum atomic E-state index is -0.124. The fourth-order valence-corrected chi connectivity index (χ4v) is 3.22. The molecule has 2 aromatic heterocycles. The van der Waals surface area contributed by atoms with Gasteiger partial charge in [0.1, 0.15) is 18.7 Å². The van der Waals surface area contributed by atoms with Crippen molar-refractivity contribution in [2.75, 3.05) is 23.3 Å². The Labute approximate surface area is 145 Å². The molecule has 4 rings (SSSR count). The van der Waals surface area contributed by atoms with Crippen molar-refractivity contribution in [2.24, 2.45) is 0 Å². The molecule has 1 amide bonds. The maximum Gasteiger partial charge on any atom is 0.246 e. The van der Waals surface area contributed by atoms with Gasteiger partial charge in [-0.3, -0.25) is 4.79 Å². The van der Waals surface area contributed by atoms with Crippen LogP contribution in [0.25, 0.3) is 11.0 Å². The molecule has 1 N–H and O–H groups in total. The zero-order valence-electron chi connectivity index (χ0n) is 14.1. The average Bonchev–Trinajstić information content (AvgIpc) is 3.27. The third-order valence-corrected chi connectivity index (χ3v) is 4.53. The van der Waals surface area contributed by atoms with E-state index in [0.29, 0.717) is 5.65 Å². The second-order valence-corrected chi connectivity index (χ2v) is 6.29. The van der Waals surface area contributed by atoms with Crippen molar-refractivity contribution < 1.29 is 4.79 Å². The van der Waals surface area contributed by atoms with Gasteiger partial charge in [-0.25, -0.2) is 14.6 Å². The summed E-state index contributed by atoms with van der Waals surface area (Å²) in [5, 5.41) is 8.18. The van der Waals surface area contributed by atoms with Gasteiger partial charge >= 0.3 is 0 Å². The summed E-state index contributed by atoms with van der Waals surface area (Å²) in [6.07, 6.45) is 5.66. The molecule has 0 bridgehead atoms. The number of hydrogen-bond acceptors (Lipinski definition) is 5. The van der Waals surface area contributed by atoms with Crippen molar-refractivity contribution in [3.63, 3.8) is 0 Å². The minimum absolute atomic E-state index is 0.119. The molecular formula is C18H20N6O. The lowest BCUT2D eigenvalue weighted by Gasteiger charge is -2.16. The van der Waals surface area contributed by atoms with E-state index < -0.39 is 0 Å². The summed E-state index contributed by atoms with van der Waals surface area (Å²) in [4.78, 5) is 23.4. The number of para-hydroxylation sites is 1. The summed E-state index contributed by atoms with van der Waals surface area (Å²) in [6.45, 7) is 4.10. The molecule has 0 atom stereocenters. The molecule has 1 aliphatic heterocycles. The highest BCUT2D eigenvalue weighted by atomic mass is 16.2. The highest BCUT2D eigenvalue weighted by Crippen LogP contribution is 2.25. The lowest BCUT2D eigenvalue weighted by molar-refractivity contribution is -0.116. The molecule has 0 aliphatic carbocycles. The van der Waals surface area contributed by atoms with Crippen molar-refractivity contribution >= 4 is 28.4 Å². The van der Waals surface area contributed by atoms with Gasteiger partial charge in [0.15, 0.2) is 5.65 Å². The van der Waals surface area contributed by atoms with Crippen LogP contribution < -0.4 is 10.2 Å². The standard InChI is InChI=1S/C18H20N6O/c1-13-6-2-3-7-15(13)22-16(25)11-24-18-14(10-21-24)17(19-12-20-18)23-8-4-5-9-23/h2-3,6-7,10,12H,4-5,8-9,11H2,1H3,(H,22,25). The second kappa shape index (κ2) is 6.51. The van der Waals surface area contributed by atoms with Crippen LogP contribution in [0.15, 0.2) is 36.8 Å². The number of hydrogen-bond donors (Lipinski definition) is 1. The molecular weight excluding hydrogens is 316 g/mol. The number of anilines is 2. The number of rotatable bonds is 4. The van der Waals surface area contributed by atoms with E-state index in [1.54, 1.807) is 17.2 Å². The highest BCUT2D eigenvalue weighted by molar-refractivity contribution is 5.93. The van der Waals surface area contributed by atoms with E-state index in [-0.39, 0.29) is 12.5 Å². The number of benzene rings is 1. The summed E-state index contributed by atoms with van der Waals surface area (Å²) < 4.78 is 1.63. The topological polar surface area (TPSA) is 75.9 Å². The molecule has 0 unspecified atom stereocenters. The van der Waals surface area contributed by atoms with Crippen LogP contribution in [-0.2, 0) is 11.3 Å². The maximum atomic E-state index is 12.4. The van der Waals surface area contributed by atoms with E-state index in [4.69, 9.17) is 0 Å². The largest absolute Gasteiger partial charge is 0.356 e. The zero-order chi connectivity index (χ0) is 17.2. The number of fused-ring (bicyclic) bond motifs is 1. The third-order valence-electron chi connectivity index (χ3n) is 4.53. The van der Waals surface area contributed by atoms with Gasteiger partial charge in [-0.2, -0.15) is 5.10 Å². The van der Waals surface area contributed by atoms with Crippen LogP contribution in [0.5, 0.6) is 0 Å². The second-order valence-electron chi connectivity index (χ2n) is 6.29. The van der Waals surface area contributed by atoms with Crippen LogP contribution >= 0.6 is 0 Å². The predicted molar refractivity (Wildman–Crippen MR) is 96.6 cm³/mol. The summed E-state index contributed by atoms with van der Waals surface area (Å²) >= 11 is 0. The number of nitrogens with zero attached hydrogens (tertiary/aromatic N) is 5. The monoisotopic (exact) mass is 336 g/mol. The Morgan fingerprint density at radius 1 is 1.20 bits per heavy atom. The van der Waals surface area contributed by atoms with Crippen LogP contribution in [-0.4, -0.2) is 38.7 Å². The Bertz CT molecular complexity index is 913. The number of nitrogens with one attached hydrogen (secondary N) is 1. The maximum absolute atomic E-state index is 12.4. The first kappa shape index (κ1) is 15.6. The van der Waals surface area contributed by atoms with Gasteiger partial charge < -0.3 is 10.2 Å². The Hall–Kier alpha value is -2.96. The Kier molecular flexibility index (Phi) is 4.05. The SMILES string of the molecule is Cc1ccccc1NC(=O)Cn1ncc2c(N3CCCC3)ncnc21. The predicted octanol–water partition coefficient (Wildman–Crippen LogP) is 2.37. The molecule has 0 spiro atoms. The fourth-order valence-electron chi connectivity index (χ4n) is 3.22. The van der Waals surface area contributed by atoms with E-state index in [9.17, 15) is 4.79 Å². The first-order valence-electron chi connectivity index (χ1n) is 8.49. The first-order chi connectivity index (χ1) is 12.2. The van der Waals surface area contributed by atoms with Crippen LogP contribution in [0.1, 0.15) is 18.4 Å². The molecule has 0 saturated carbocycles. The molecule has 3 heterocycles. The minimum Gasteiger partial charge on any atom is -0.356 e. The van der Waals surface area contributed by atoms with Gasteiger partial charge in [0.05, 0.1) is 11.6 Å². The summed E-state index contributed by atoms with van der Waals surface area (Å²) in [5.74, 6) is 0.786. The lowest BCUT2D eigenvalue weighted by Crippen LogP contribution is -2.21. The van der Waals surface area contributed by atoms with Crippen LogP contribution in [0.4, 0.5) is 11.5 Å². The van der Waals surface area contributed by atoms with Crippen LogP contribution in [0.2, 0.25) is 0 Å². The zero-order valence-corrected chi connectivity index (χ0v) is 14.1. The summed E-state index contributed by atoms with van der Waals surface area (Å²) in [7, 11) is 0. The van der Waals surface area contributed by atoms with E-state index in [1.165, 1.54) is 12.8 Å². The molecule has 0 radical (unpaired) electrons. The van der Waals surface area contributed by atoms with Gasteiger partial charge in [-0.15, -0.1) is 0 Å². The van der Waals surface area contributed by atoms with E-state index in [2.05, 4.69) is 25.3 Å². The van der Waals surface area contributed by atoms with Gasteiger partial charge in [-0.05, 0) is 31.4 Å². The number of aryl methyl sites for hydroxylation is 1. The van der Waals surface area contributed by atoms with Crippen LogP contribution in [0, 0.1) is 6.92 Å². The van der Waals surface area contributed by atoms with Crippen molar-refractivity contribution in [3.05, 3.63) is 42.4 Å². The molecule has 128 valence electrons. The van der Waals surface area contributed by atoms with Gasteiger partial charge in [0.25, 0.3) is 0 Å². The molecule has 1 fully saturated rings. The molecule has 1 aromatic carbocycles. The van der Waals surface area contributed by atoms with Crippen molar-refractivity contribution in [1.29, 1.82) is 0 Å². The molecule has 25 heavy (non-hydrogen) atoms. The fraction of sp³-hybridized carbons (Fsp3) is 0.333. The Morgan fingerprint density at radius 3 is 2.80 bits per heavy atom. The van der Waals surface area contributed by atoms with E-state index in [1.807, 2.05) is 31.2 Å². The normalized spacial score (nSPS) is 14.2. The highest BCUT2D eigenvalue weighted by Gasteiger charge is 2.19. The molecule has 3 aromatic rings. The first-order valence-corrected chi connectivity index (χ1v) is 8.49. The summed E-state index contributed by atoms with van der Waals surface area (Å²) in [6, 6.07) is 7.71. The third kappa shape index (κ3) is 3.05. The van der Waals surface area contributed by atoms with Crippen LogP contribution in [0.3, 0.4) is 0 Å². The molecule has 7 heteroatoms. The summed E-state index contributed by atoms with van der Waals surface area (Å²) in [5.41, 5.74) is 2.54. The Morgan fingerprint density at radius 2 is 2.00 bits per heavy atom. The smallest absolute Gasteiger partial charge is 0.246 e. The van der Waals surface area contributed by atoms with E-state index in [0.717, 1.165) is 35.5 Å². The number of carbonyl (C=O) groups excluding carboxylic acids is 1. The molecule has 1 saturated heterocycles. The number of amides is 1. The quantitative estimate of drug-likeness (QED) is 0.791. The van der Waals surface area contributed by atoms with Gasteiger partial charge in [-0.1, -0.05) is 18.2 Å². The molecule has 7 nitrogen and oxygen atoms in total. The van der Waals surface area contributed by atoms with E-state index >= 15 is 0 Å². The van der Waals surface area contributed by atoms with Crippen molar-refractivity contribution in [1.82, 2.24) is 19.7 Å². The van der Waals surface area contributed by atoms with Crippen molar-refractivity contribution in [3.8, 4) is 0 Å². The van der Waals surface area contributed by atoms with Gasteiger partial charge in [0.2, 0.25) is 5.91 Å².